The number of nitrogens with one attached hydrogen (secondary N) is 1. The Balaban J connectivity index is 2.17. The molecule has 0 fully saturated rings. The molecule has 0 aliphatic rings. The van der Waals surface area contributed by atoms with Gasteiger partial charge >= 0.3 is 0 Å². The highest BCUT2D eigenvalue weighted by Crippen LogP contribution is 2.22. The van der Waals surface area contributed by atoms with E-state index >= 15 is 0 Å². The topological polar surface area (TPSA) is 17.0 Å². The Kier molecular flexibility index (Phi) is 4.55. The van der Waals surface area contributed by atoms with Crippen LogP contribution in [0.15, 0.2) is 36.7 Å². The second kappa shape index (κ2) is 6.18. The predicted molar refractivity (Wildman–Crippen MR) is 76.5 cm³/mol. The first-order valence-corrected chi connectivity index (χ1v) is 6.77. The molecule has 0 bridgehead atoms. The molecule has 0 aliphatic carbocycles. The van der Waals surface area contributed by atoms with Crippen LogP contribution in [0.4, 0.5) is 8.78 Å². The molecule has 1 unspecified atom stereocenters. The van der Waals surface area contributed by atoms with E-state index in [4.69, 9.17) is 0 Å². The zero-order valence-corrected chi connectivity index (χ0v) is 12.0. The highest BCUT2D eigenvalue weighted by Gasteiger charge is 2.14. The number of nitrogens with zero attached hydrogens (tertiary/aromatic N) is 1. The number of hydrogen-bond acceptors (Lipinski definition) is 1. The summed E-state index contributed by atoms with van der Waals surface area (Å²) in [6.45, 7) is 4.77. The summed E-state index contributed by atoms with van der Waals surface area (Å²) in [5.41, 5.74) is 1.80. The monoisotopic (exact) mass is 278 g/mol. The number of hydrogen-bond donors (Lipinski definition) is 1. The molecule has 2 rings (SSSR count). The van der Waals surface area contributed by atoms with Crippen LogP contribution in [0.5, 0.6) is 0 Å². The minimum absolute atomic E-state index is 0.278. The van der Waals surface area contributed by atoms with E-state index in [0.29, 0.717) is 18.0 Å². The van der Waals surface area contributed by atoms with Crippen molar-refractivity contribution in [3.8, 4) is 0 Å². The van der Waals surface area contributed by atoms with E-state index in [0.717, 1.165) is 6.07 Å². The first-order valence-electron chi connectivity index (χ1n) is 6.77. The van der Waals surface area contributed by atoms with Crippen molar-refractivity contribution in [3.63, 3.8) is 0 Å². The van der Waals surface area contributed by atoms with Gasteiger partial charge in [-0.2, -0.15) is 0 Å². The summed E-state index contributed by atoms with van der Waals surface area (Å²) in [4.78, 5) is 0. The van der Waals surface area contributed by atoms with Gasteiger partial charge in [0.1, 0.15) is 11.6 Å². The average Bonchev–Trinajstić information content (AvgIpc) is 2.76. The highest BCUT2D eigenvalue weighted by molar-refractivity contribution is 5.21. The summed E-state index contributed by atoms with van der Waals surface area (Å²) >= 11 is 0. The molecule has 108 valence electrons. The smallest absolute Gasteiger partial charge is 0.126 e. The largest absolute Gasteiger partial charge is 0.350 e. The molecule has 2 nitrogen and oxygen atoms in total. The molecule has 0 spiro atoms. The van der Waals surface area contributed by atoms with Crippen LogP contribution in [0, 0.1) is 17.6 Å². The highest BCUT2D eigenvalue weighted by atomic mass is 19.1. The van der Waals surface area contributed by atoms with Gasteiger partial charge in [-0.1, -0.05) is 13.8 Å². The molecule has 0 saturated heterocycles. The Hall–Kier alpha value is -1.68. The fourth-order valence-corrected chi connectivity index (χ4v) is 2.54. The third kappa shape index (κ3) is 3.45. The Labute approximate surface area is 118 Å². The van der Waals surface area contributed by atoms with Crippen molar-refractivity contribution in [2.45, 2.75) is 26.4 Å². The van der Waals surface area contributed by atoms with Gasteiger partial charge < -0.3 is 9.88 Å². The normalized spacial score (nSPS) is 12.9. The zero-order valence-electron chi connectivity index (χ0n) is 12.0. The van der Waals surface area contributed by atoms with Crippen molar-refractivity contribution in [1.82, 2.24) is 9.88 Å². The maximum Gasteiger partial charge on any atom is 0.126 e. The summed E-state index contributed by atoms with van der Waals surface area (Å²) < 4.78 is 28.3. The molecular weight excluding hydrogens is 258 g/mol. The van der Waals surface area contributed by atoms with E-state index in [9.17, 15) is 8.78 Å². The lowest BCUT2D eigenvalue weighted by atomic mass is 9.99. The molecule has 0 amide bonds. The van der Waals surface area contributed by atoms with Gasteiger partial charge in [-0.05, 0) is 42.3 Å². The standard InChI is InChI=1S/C16H20F2N2/c1-11(2)16(19-3)13-4-5-20(10-13)9-12-6-14(17)8-15(18)7-12/h4-8,10-11,16,19H,9H2,1-3H3. The number of aromatic nitrogens is 1. The van der Waals surface area contributed by atoms with Crippen molar-refractivity contribution in [2.24, 2.45) is 5.92 Å². The molecule has 1 aromatic heterocycles. The second-order valence-corrected chi connectivity index (χ2v) is 5.41. The van der Waals surface area contributed by atoms with Gasteiger partial charge in [0.2, 0.25) is 0 Å². The van der Waals surface area contributed by atoms with Gasteiger partial charge in [0, 0.05) is 31.0 Å². The molecule has 1 N–H and O–H groups in total. The summed E-state index contributed by atoms with van der Waals surface area (Å²) in [6, 6.07) is 5.93. The lowest BCUT2D eigenvalue weighted by Crippen LogP contribution is -2.21. The molecule has 2 aromatic rings. The molecule has 0 saturated carbocycles. The third-order valence-electron chi connectivity index (χ3n) is 3.40. The minimum Gasteiger partial charge on any atom is -0.350 e. The lowest BCUT2D eigenvalue weighted by Gasteiger charge is -2.18. The minimum atomic E-state index is -0.539. The second-order valence-electron chi connectivity index (χ2n) is 5.41. The lowest BCUT2D eigenvalue weighted by molar-refractivity contribution is 0.442. The van der Waals surface area contributed by atoms with Crippen molar-refractivity contribution in [1.29, 1.82) is 0 Å². The van der Waals surface area contributed by atoms with E-state index in [-0.39, 0.29) is 6.04 Å². The molecule has 4 heteroatoms. The van der Waals surface area contributed by atoms with E-state index < -0.39 is 11.6 Å². The predicted octanol–water partition coefficient (Wildman–Crippen LogP) is 3.73. The maximum absolute atomic E-state index is 13.2. The Morgan fingerprint density at radius 3 is 2.35 bits per heavy atom. The van der Waals surface area contributed by atoms with Crippen LogP contribution in [0.1, 0.15) is 31.0 Å². The molecular formula is C16H20F2N2. The van der Waals surface area contributed by atoms with Gasteiger partial charge in [0.25, 0.3) is 0 Å². The van der Waals surface area contributed by atoms with Gasteiger partial charge in [-0.15, -0.1) is 0 Å². The number of rotatable bonds is 5. The van der Waals surface area contributed by atoms with E-state index in [1.54, 1.807) is 0 Å². The quantitative estimate of drug-likeness (QED) is 0.881. The van der Waals surface area contributed by atoms with E-state index in [2.05, 4.69) is 19.2 Å². The first kappa shape index (κ1) is 14.7. The fraction of sp³-hybridized carbons (Fsp3) is 0.375. The Morgan fingerprint density at radius 1 is 1.15 bits per heavy atom. The summed E-state index contributed by atoms with van der Waals surface area (Å²) in [6.07, 6.45) is 3.95. The van der Waals surface area contributed by atoms with Crippen molar-refractivity contribution >= 4 is 0 Å². The third-order valence-corrected chi connectivity index (χ3v) is 3.40. The Bertz CT molecular complexity index is 555. The van der Waals surface area contributed by atoms with Crippen LogP contribution < -0.4 is 5.32 Å². The van der Waals surface area contributed by atoms with Crippen LogP contribution >= 0.6 is 0 Å². The van der Waals surface area contributed by atoms with E-state index in [1.807, 2.05) is 30.1 Å². The summed E-state index contributed by atoms with van der Waals surface area (Å²) in [5.74, 6) is -0.604. The van der Waals surface area contributed by atoms with Gasteiger partial charge in [0.15, 0.2) is 0 Å². The number of benzene rings is 1. The van der Waals surface area contributed by atoms with Crippen LogP contribution in [-0.4, -0.2) is 11.6 Å². The fourth-order valence-electron chi connectivity index (χ4n) is 2.54. The van der Waals surface area contributed by atoms with Crippen LogP contribution in [0.25, 0.3) is 0 Å². The zero-order chi connectivity index (χ0) is 14.7. The molecule has 1 heterocycles. The molecule has 20 heavy (non-hydrogen) atoms. The first-order chi connectivity index (χ1) is 9.49. The van der Waals surface area contributed by atoms with Crippen molar-refractivity contribution in [3.05, 3.63) is 59.4 Å². The average molecular weight is 278 g/mol. The summed E-state index contributed by atoms with van der Waals surface area (Å²) in [5, 5.41) is 3.28. The summed E-state index contributed by atoms with van der Waals surface area (Å²) in [7, 11) is 1.93. The van der Waals surface area contributed by atoms with Crippen LogP contribution in [0.2, 0.25) is 0 Å². The number of halogens is 2. The maximum atomic E-state index is 13.2. The molecule has 0 aliphatic heterocycles. The van der Waals surface area contributed by atoms with Crippen LogP contribution in [-0.2, 0) is 6.54 Å². The van der Waals surface area contributed by atoms with Crippen molar-refractivity contribution in [2.75, 3.05) is 7.05 Å². The molecule has 0 radical (unpaired) electrons. The van der Waals surface area contributed by atoms with Crippen LogP contribution in [0.3, 0.4) is 0 Å². The molecule has 1 aromatic carbocycles. The van der Waals surface area contributed by atoms with E-state index in [1.165, 1.54) is 17.7 Å². The SMILES string of the molecule is CNC(c1ccn(Cc2cc(F)cc(F)c2)c1)C(C)C. The Morgan fingerprint density at radius 2 is 1.80 bits per heavy atom. The van der Waals surface area contributed by atoms with Gasteiger partial charge in [0.05, 0.1) is 0 Å². The van der Waals surface area contributed by atoms with Gasteiger partial charge in [-0.25, -0.2) is 8.78 Å². The van der Waals surface area contributed by atoms with Gasteiger partial charge in [-0.3, -0.25) is 0 Å². The van der Waals surface area contributed by atoms with Crippen molar-refractivity contribution < 1.29 is 8.78 Å². The molecule has 1 atom stereocenters.